The molecule has 0 amide bonds. The summed E-state index contributed by atoms with van der Waals surface area (Å²) in [5, 5.41) is 19.4. The van der Waals surface area contributed by atoms with Crippen LogP contribution in [-0.4, -0.2) is 46.1 Å². The summed E-state index contributed by atoms with van der Waals surface area (Å²) >= 11 is 0. The van der Waals surface area contributed by atoms with Gasteiger partial charge in [-0.15, -0.1) is 0 Å². The van der Waals surface area contributed by atoms with Crippen molar-refractivity contribution in [2.45, 2.75) is 84.0 Å². The van der Waals surface area contributed by atoms with Crippen LogP contribution in [0.5, 0.6) is 0 Å². The molecule has 148 valence electrons. The molecule has 3 aliphatic rings. The maximum Gasteiger partial charge on any atom is 0.309 e. The van der Waals surface area contributed by atoms with Gasteiger partial charge in [0.15, 0.2) is 0 Å². The summed E-state index contributed by atoms with van der Waals surface area (Å²) in [5.74, 6) is -1.94. The third-order valence-electron chi connectivity index (χ3n) is 7.62. The van der Waals surface area contributed by atoms with E-state index in [1.54, 1.807) is 13.8 Å². The standard InChI is InChI=1S/C20H32O6/c1-17(2,16(23)24)12-6-8-19(4)13(18(12,3)10-15(21)22)7-9-20(5,26-19)14-11-25-14/h12-14H,6-11H2,1-5H3,(H,21,22)(H,23,24)/t12-,13+,14-,18-,19+,20-/m1/s1. The number of hydrogen-bond acceptors (Lipinski definition) is 4. The van der Waals surface area contributed by atoms with E-state index in [2.05, 4.69) is 13.8 Å². The van der Waals surface area contributed by atoms with Gasteiger partial charge in [-0.1, -0.05) is 6.92 Å². The van der Waals surface area contributed by atoms with Crippen LogP contribution in [-0.2, 0) is 19.1 Å². The highest BCUT2D eigenvalue weighted by atomic mass is 16.6. The van der Waals surface area contributed by atoms with Crippen molar-refractivity contribution in [3.05, 3.63) is 0 Å². The van der Waals surface area contributed by atoms with Gasteiger partial charge in [0.05, 0.1) is 29.6 Å². The molecule has 6 nitrogen and oxygen atoms in total. The molecular formula is C20H32O6. The fraction of sp³-hybridized carbons (Fsp3) is 0.900. The molecule has 0 bridgehead atoms. The van der Waals surface area contributed by atoms with E-state index in [0.29, 0.717) is 6.42 Å². The third kappa shape index (κ3) is 2.95. The number of fused-ring (bicyclic) bond motifs is 1. The largest absolute Gasteiger partial charge is 0.481 e. The first-order chi connectivity index (χ1) is 11.9. The van der Waals surface area contributed by atoms with Gasteiger partial charge in [0, 0.05) is 0 Å². The van der Waals surface area contributed by atoms with Gasteiger partial charge in [-0.05, 0) is 70.6 Å². The molecule has 2 aliphatic heterocycles. The van der Waals surface area contributed by atoms with Gasteiger partial charge in [-0.3, -0.25) is 9.59 Å². The van der Waals surface area contributed by atoms with Crippen molar-refractivity contribution in [2.75, 3.05) is 6.61 Å². The second kappa shape index (κ2) is 5.93. The van der Waals surface area contributed by atoms with Gasteiger partial charge in [0.25, 0.3) is 0 Å². The van der Waals surface area contributed by atoms with Gasteiger partial charge in [0.2, 0.25) is 0 Å². The van der Waals surface area contributed by atoms with Crippen LogP contribution in [0.15, 0.2) is 0 Å². The van der Waals surface area contributed by atoms with Crippen LogP contribution < -0.4 is 0 Å². The molecule has 2 saturated heterocycles. The van der Waals surface area contributed by atoms with E-state index in [4.69, 9.17) is 9.47 Å². The minimum absolute atomic E-state index is 0.00954. The fourth-order valence-corrected chi connectivity index (χ4v) is 6.18. The Kier molecular flexibility index (Phi) is 4.47. The Morgan fingerprint density at radius 2 is 1.65 bits per heavy atom. The Morgan fingerprint density at radius 3 is 2.15 bits per heavy atom. The second-order valence-corrected chi connectivity index (χ2v) is 9.84. The quantitative estimate of drug-likeness (QED) is 0.723. The lowest BCUT2D eigenvalue weighted by atomic mass is 9.47. The van der Waals surface area contributed by atoms with E-state index in [9.17, 15) is 19.8 Å². The zero-order valence-electron chi connectivity index (χ0n) is 16.5. The Morgan fingerprint density at radius 1 is 1.08 bits per heavy atom. The molecule has 6 heteroatoms. The average molecular weight is 368 g/mol. The molecule has 6 atom stereocenters. The molecule has 2 N–H and O–H groups in total. The number of carboxylic acid groups (broad SMARTS) is 2. The number of aliphatic carboxylic acids is 2. The van der Waals surface area contributed by atoms with Crippen LogP contribution in [0, 0.1) is 22.7 Å². The Bertz CT molecular complexity index is 611. The van der Waals surface area contributed by atoms with Crippen molar-refractivity contribution < 1.29 is 29.3 Å². The molecule has 0 spiro atoms. The molecule has 0 radical (unpaired) electrons. The highest BCUT2D eigenvalue weighted by Gasteiger charge is 2.64. The first kappa shape index (κ1) is 19.6. The van der Waals surface area contributed by atoms with Crippen LogP contribution in [0.25, 0.3) is 0 Å². The Balaban J connectivity index is 1.98. The van der Waals surface area contributed by atoms with Crippen LogP contribution in [0.2, 0.25) is 0 Å². The van der Waals surface area contributed by atoms with Crippen LogP contribution in [0.3, 0.4) is 0 Å². The first-order valence-electron chi connectivity index (χ1n) is 9.62. The van der Waals surface area contributed by atoms with Crippen LogP contribution in [0.1, 0.15) is 66.7 Å². The molecule has 3 fully saturated rings. The Labute approximate surface area is 155 Å². The second-order valence-electron chi connectivity index (χ2n) is 9.84. The number of carboxylic acids is 2. The van der Waals surface area contributed by atoms with Gasteiger partial charge in [-0.2, -0.15) is 0 Å². The van der Waals surface area contributed by atoms with E-state index in [0.717, 1.165) is 25.9 Å². The first-order valence-corrected chi connectivity index (χ1v) is 9.62. The van der Waals surface area contributed by atoms with E-state index in [-0.39, 0.29) is 30.0 Å². The molecule has 26 heavy (non-hydrogen) atoms. The van der Waals surface area contributed by atoms with E-state index in [1.807, 2.05) is 6.92 Å². The smallest absolute Gasteiger partial charge is 0.309 e. The molecular weight excluding hydrogens is 336 g/mol. The summed E-state index contributed by atoms with van der Waals surface area (Å²) in [4.78, 5) is 23.7. The van der Waals surface area contributed by atoms with Gasteiger partial charge in [0.1, 0.15) is 6.10 Å². The zero-order valence-corrected chi connectivity index (χ0v) is 16.5. The summed E-state index contributed by atoms with van der Waals surface area (Å²) < 4.78 is 12.1. The third-order valence-corrected chi connectivity index (χ3v) is 7.62. The Hall–Kier alpha value is -1.14. The molecule has 1 saturated carbocycles. The topological polar surface area (TPSA) is 96.4 Å². The number of ether oxygens (including phenoxy) is 2. The van der Waals surface area contributed by atoms with E-state index < -0.39 is 28.4 Å². The zero-order chi connectivity index (χ0) is 19.5. The number of rotatable bonds is 5. The van der Waals surface area contributed by atoms with Crippen LogP contribution >= 0.6 is 0 Å². The van der Waals surface area contributed by atoms with Crippen molar-refractivity contribution in [1.29, 1.82) is 0 Å². The van der Waals surface area contributed by atoms with Crippen molar-refractivity contribution in [1.82, 2.24) is 0 Å². The van der Waals surface area contributed by atoms with E-state index in [1.165, 1.54) is 0 Å². The molecule has 0 unspecified atom stereocenters. The van der Waals surface area contributed by atoms with Gasteiger partial charge in [-0.25, -0.2) is 0 Å². The SMILES string of the molecule is CC(C)(C(=O)O)[C@H]1CC[C@]2(C)O[C@@](C)([C@H]3CO3)CC[C@H]2[C@]1(C)CC(=O)O. The maximum absolute atomic E-state index is 11.9. The van der Waals surface area contributed by atoms with Crippen molar-refractivity contribution in [3.63, 3.8) is 0 Å². The van der Waals surface area contributed by atoms with Gasteiger partial charge >= 0.3 is 11.9 Å². The monoisotopic (exact) mass is 368 g/mol. The van der Waals surface area contributed by atoms with E-state index >= 15 is 0 Å². The molecule has 0 aromatic rings. The van der Waals surface area contributed by atoms with Crippen molar-refractivity contribution in [3.8, 4) is 0 Å². The number of hydrogen-bond donors (Lipinski definition) is 2. The predicted octanol–water partition coefficient (Wildman–Crippen LogP) is 3.33. The minimum Gasteiger partial charge on any atom is -0.481 e. The fourth-order valence-electron chi connectivity index (χ4n) is 6.18. The normalized spacial score (nSPS) is 45.7. The van der Waals surface area contributed by atoms with Crippen LogP contribution in [0.4, 0.5) is 0 Å². The molecule has 1 aliphatic carbocycles. The lowest BCUT2D eigenvalue weighted by Gasteiger charge is -2.62. The summed E-state index contributed by atoms with van der Waals surface area (Å²) in [6.45, 7) is 10.3. The minimum atomic E-state index is -0.980. The lowest BCUT2D eigenvalue weighted by Crippen LogP contribution is -2.63. The lowest BCUT2D eigenvalue weighted by molar-refractivity contribution is -0.264. The highest BCUT2D eigenvalue weighted by molar-refractivity contribution is 5.75. The maximum atomic E-state index is 11.9. The highest BCUT2D eigenvalue weighted by Crippen LogP contribution is 2.63. The molecule has 0 aromatic heterocycles. The van der Waals surface area contributed by atoms with Crippen molar-refractivity contribution in [2.24, 2.45) is 22.7 Å². The molecule has 3 rings (SSSR count). The summed E-state index contributed by atoms with van der Waals surface area (Å²) in [5.41, 5.74) is -2.39. The van der Waals surface area contributed by atoms with Crippen molar-refractivity contribution >= 4 is 11.9 Å². The van der Waals surface area contributed by atoms with Gasteiger partial charge < -0.3 is 19.7 Å². The summed E-state index contributed by atoms with van der Waals surface area (Å²) in [6, 6.07) is 0. The number of epoxide rings is 1. The average Bonchev–Trinajstić information content (AvgIpc) is 3.29. The molecule has 0 aromatic carbocycles. The summed E-state index contributed by atoms with van der Waals surface area (Å²) in [7, 11) is 0. The number of carbonyl (C=O) groups is 2. The predicted molar refractivity (Wildman–Crippen MR) is 94.9 cm³/mol. The summed E-state index contributed by atoms with van der Waals surface area (Å²) in [6.07, 6.45) is 3.14. The molecule has 2 heterocycles.